The Hall–Kier alpha value is -1.36. The molecule has 0 aliphatic rings. The van der Waals surface area contributed by atoms with E-state index in [2.05, 4.69) is 4.98 Å². The molecule has 0 N–H and O–H groups in total. The van der Waals surface area contributed by atoms with Crippen LogP contribution in [0.2, 0.25) is 5.15 Å². The van der Waals surface area contributed by atoms with E-state index in [0.29, 0.717) is 5.75 Å². The molecule has 0 unspecified atom stereocenters. The predicted octanol–water partition coefficient (Wildman–Crippen LogP) is 1.65. The fourth-order valence-electron chi connectivity index (χ4n) is 0.666. The van der Waals surface area contributed by atoms with Crippen LogP contribution in [-0.4, -0.2) is 17.0 Å². The number of halogens is 1. The highest BCUT2D eigenvalue weighted by molar-refractivity contribution is 6.30. The van der Waals surface area contributed by atoms with Crippen LogP contribution in [0, 0.1) is 10.1 Å². The molecule has 0 radical (unpaired) electrons. The molecule has 0 bridgehead atoms. The summed E-state index contributed by atoms with van der Waals surface area (Å²) in [5.41, 5.74) is 0. The summed E-state index contributed by atoms with van der Waals surface area (Å²) in [7, 11) is 1.41. The largest absolute Gasteiger partial charge is 0.491 e. The topological polar surface area (TPSA) is 65.3 Å². The van der Waals surface area contributed by atoms with Crippen molar-refractivity contribution in [2.75, 3.05) is 7.11 Å². The Morgan fingerprint density at radius 3 is 2.75 bits per heavy atom. The van der Waals surface area contributed by atoms with E-state index in [9.17, 15) is 10.1 Å². The van der Waals surface area contributed by atoms with Crippen molar-refractivity contribution in [3.8, 4) is 5.75 Å². The van der Waals surface area contributed by atoms with Gasteiger partial charge in [0.1, 0.15) is 0 Å². The van der Waals surface area contributed by atoms with Crippen LogP contribution in [0.15, 0.2) is 12.1 Å². The first-order chi connectivity index (χ1) is 5.65. The second-order valence-corrected chi connectivity index (χ2v) is 2.28. The van der Waals surface area contributed by atoms with Gasteiger partial charge in [-0.3, -0.25) is 0 Å². The van der Waals surface area contributed by atoms with E-state index in [0.717, 1.165) is 0 Å². The average Bonchev–Trinajstić information content (AvgIpc) is 2.04. The van der Waals surface area contributed by atoms with Gasteiger partial charge in [-0.05, 0) is 27.6 Å². The first kappa shape index (κ1) is 8.73. The third-order valence-electron chi connectivity index (χ3n) is 1.21. The van der Waals surface area contributed by atoms with Crippen LogP contribution in [0.4, 0.5) is 5.82 Å². The lowest BCUT2D eigenvalue weighted by Gasteiger charge is -1.97. The van der Waals surface area contributed by atoms with Crippen molar-refractivity contribution in [2.24, 2.45) is 0 Å². The van der Waals surface area contributed by atoms with Crippen molar-refractivity contribution in [2.45, 2.75) is 0 Å². The zero-order valence-corrected chi connectivity index (χ0v) is 6.91. The van der Waals surface area contributed by atoms with Crippen molar-refractivity contribution >= 4 is 17.4 Å². The molecule has 0 saturated carbocycles. The minimum atomic E-state index is -0.620. The number of nitro groups is 1. The Morgan fingerprint density at radius 1 is 1.67 bits per heavy atom. The monoisotopic (exact) mass is 188 g/mol. The van der Waals surface area contributed by atoms with Crippen molar-refractivity contribution in [3.05, 3.63) is 27.4 Å². The molecular weight excluding hydrogens is 184 g/mol. The second-order valence-electron chi connectivity index (χ2n) is 1.92. The summed E-state index contributed by atoms with van der Waals surface area (Å²) >= 11 is 5.53. The van der Waals surface area contributed by atoms with E-state index in [4.69, 9.17) is 16.3 Å². The lowest BCUT2D eigenvalue weighted by Crippen LogP contribution is -1.93. The number of hydrogen-bond acceptors (Lipinski definition) is 4. The maximum atomic E-state index is 10.2. The third-order valence-corrected chi connectivity index (χ3v) is 1.48. The number of nitrogens with zero attached hydrogens (tertiary/aromatic N) is 2. The van der Waals surface area contributed by atoms with Gasteiger partial charge in [-0.1, -0.05) is 0 Å². The molecule has 0 amide bonds. The molecule has 0 saturated heterocycles. The number of pyridine rings is 1. The maximum Gasteiger partial charge on any atom is 0.365 e. The molecule has 0 aliphatic carbocycles. The van der Waals surface area contributed by atoms with Gasteiger partial charge in [0.15, 0.2) is 5.75 Å². The maximum absolute atomic E-state index is 10.2. The van der Waals surface area contributed by atoms with Gasteiger partial charge in [-0.2, -0.15) is 0 Å². The number of ether oxygens (including phenoxy) is 1. The fourth-order valence-corrected chi connectivity index (χ4v) is 0.893. The second kappa shape index (κ2) is 3.36. The molecule has 0 fully saturated rings. The molecule has 64 valence electrons. The highest BCUT2D eigenvalue weighted by Gasteiger charge is 2.12. The molecule has 6 heteroatoms. The lowest BCUT2D eigenvalue weighted by molar-refractivity contribution is -0.389. The van der Waals surface area contributed by atoms with E-state index in [1.54, 1.807) is 0 Å². The molecule has 5 nitrogen and oxygen atoms in total. The van der Waals surface area contributed by atoms with Crippen LogP contribution < -0.4 is 4.74 Å². The number of rotatable bonds is 2. The zero-order valence-electron chi connectivity index (χ0n) is 6.15. The molecular formula is C6H5ClN2O3. The van der Waals surface area contributed by atoms with Crippen LogP contribution in [-0.2, 0) is 0 Å². The lowest BCUT2D eigenvalue weighted by atomic mass is 10.4. The van der Waals surface area contributed by atoms with Crippen molar-refractivity contribution < 1.29 is 9.66 Å². The summed E-state index contributed by atoms with van der Waals surface area (Å²) in [6, 6.07) is 2.62. The van der Waals surface area contributed by atoms with Crippen molar-refractivity contribution in [1.29, 1.82) is 0 Å². The standard InChI is InChI=1S/C6H5ClN2O3/c1-12-4-2-3-5(9(10)11)8-6(4)7/h2-3H,1H3. The van der Waals surface area contributed by atoms with E-state index >= 15 is 0 Å². The Bertz CT molecular complexity index is 316. The van der Waals surface area contributed by atoms with Crippen LogP contribution in [0.3, 0.4) is 0 Å². The van der Waals surface area contributed by atoms with Gasteiger partial charge in [0, 0.05) is 6.07 Å². The van der Waals surface area contributed by atoms with Gasteiger partial charge in [0.25, 0.3) is 5.15 Å². The van der Waals surface area contributed by atoms with E-state index in [1.165, 1.54) is 19.2 Å². The SMILES string of the molecule is COc1ccc([N+](=O)[O-])nc1Cl. The molecule has 0 spiro atoms. The molecule has 0 aromatic carbocycles. The minimum Gasteiger partial charge on any atom is -0.491 e. The Morgan fingerprint density at radius 2 is 2.33 bits per heavy atom. The highest BCUT2D eigenvalue weighted by Crippen LogP contribution is 2.23. The third kappa shape index (κ3) is 1.62. The Balaban J connectivity index is 3.10. The molecule has 0 aliphatic heterocycles. The van der Waals surface area contributed by atoms with E-state index in [1.807, 2.05) is 0 Å². The Kier molecular flexibility index (Phi) is 2.44. The van der Waals surface area contributed by atoms with Gasteiger partial charge >= 0.3 is 5.82 Å². The van der Waals surface area contributed by atoms with Gasteiger partial charge in [-0.15, -0.1) is 0 Å². The van der Waals surface area contributed by atoms with Crippen molar-refractivity contribution in [1.82, 2.24) is 4.98 Å². The molecule has 1 rings (SSSR count). The summed E-state index contributed by atoms with van der Waals surface area (Å²) < 4.78 is 4.76. The predicted molar refractivity (Wildman–Crippen MR) is 42.5 cm³/mol. The molecule has 1 aromatic rings. The van der Waals surface area contributed by atoms with Crippen LogP contribution in [0.1, 0.15) is 0 Å². The smallest absolute Gasteiger partial charge is 0.365 e. The number of hydrogen-bond donors (Lipinski definition) is 0. The van der Waals surface area contributed by atoms with Crippen LogP contribution >= 0.6 is 11.6 Å². The highest BCUT2D eigenvalue weighted by atomic mass is 35.5. The van der Waals surface area contributed by atoms with Crippen molar-refractivity contribution in [3.63, 3.8) is 0 Å². The van der Waals surface area contributed by atoms with Gasteiger partial charge in [0.2, 0.25) is 0 Å². The minimum absolute atomic E-state index is 0.00769. The summed E-state index contributed by atoms with van der Waals surface area (Å²) in [5.74, 6) is 0.0306. The average molecular weight is 189 g/mol. The van der Waals surface area contributed by atoms with E-state index < -0.39 is 4.92 Å². The zero-order chi connectivity index (χ0) is 9.14. The van der Waals surface area contributed by atoms with Gasteiger partial charge in [0.05, 0.1) is 7.11 Å². The number of aromatic nitrogens is 1. The normalized spacial score (nSPS) is 9.50. The van der Waals surface area contributed by atoms with E-state index in [-0.39, 0.29) is 11.0 Å². The summed E-state index contributed by atoms with van der Waals surface area (Å²) in [6.45, 7) is 0. The number of methoxy groups -OCH3 is 1. The summed E-state index contributed by atoms with van der Waals surface area (Å²) in [5, 5.41) is 10.2. The summed E-state index contributed by atoms with van der Waals surface area (Å²) in [4.78, 5) is 13.1. The van der Waals surface area contributed by atoms with Crippen LogP contribution in [0.25, 0.3) is 0 Å². The fraction of sp³-hybridized carbons (Fsp3) is 0.167. The molecule has 12 heavy (non-hydrogen) atoms. The summed E-state index contributed by atoms with van der Waals surface area (Å²) in [6.07, 6.45) is 0. The van der Waals surface area contributed by atoms with Crippen LogP contribution in [0.5, 0.6) is 5.75 Å². The van der Waals surface area contributed by atoms with Gasteiger partial charge in [-0.25, -0.2) is 0 Å². The molecule has 1 heterocycles. The molecule has 0 atom stereocenters. The Labute approximate surface area is 73.1 Å². The van der Waals surface area contributed by atoms with Gasteiger partial charge < -0.3 is 14.9 Å². The quantitative estimate of drug-likeness (QED) is 0.402. The first-order valence-electron chi connectivity index (χ1n) is 3.00. The first-order valence-corrected chi connectivity index (χ1v) is 3.38. The molecule has 1 aromatic heterocycles.